The first-order valence-corrected chi connectivity index (χ1v) is 12.5. The van der Waals surface area contributed by atoms with Gasteiger partial charge in [-0.25, -0.2) is 0 Å². The lowest BCUT2D eigenvalue weighted by molar-refractivity contribution is 0.0144. The Morgan fingerprint density at radius 1 is 1.14 bits per heavy atom. The summed E-state index contributed by atoms with van der Waals surface area (Å²) in [6.07, 6.45) is 0.182. The Morgan fingerprint density at radius 3 is 2.23 bits per heavy atom. The molecule has 0 spiro atoms. The summed E-state index contributed by atoms with van der Waals surface area (Å²) < 4.78 is 13.6. The van der Waals surface area contributed by atoms with Crippen molar-refractivity contribution in [2.24, 2.45) is 5.92 Å². The minimum Gasteiger partial charge on any atom is -0.411 e. The maximum atomic E-state index is 6.60. The van der Waals surface area contributed by atoms with Gasteiger partial charge in [-0.1, -0.05) is 80.6 Å². The third-order valence-electron chi connectivity index (χ3n) is 4.52. The third-order valence-corrected chi connectivity index (χ3v) is 10.4. The van der Waals surface area contributed by atoms with Crippen LogP contribution in [0.1, 0.15) is 33.3 Å². The number of benzene rings is 1. The van der Waals surface area contributed by atoms with Crippen LogP contribution in [0.15, 0.2) is 30.3 Å². The molecular formula is C18H31IO2Si. The number of hydrogen-bond donors (Lipinski definition) is 0. The van der Waals surface area contributed by atoms with E-state index in [4.69, 9.17) is 9.16 Å². The largest absolute Gasteiger partial charge is 0.411 e. The van der Waals surface area contributed by atoms with Crippen LogP contribution in [0, 0.1) is 5.92 Å². The van der Waals surface area contributed by atoms with Crippen LogP contribution in [-0.4, -0.2) is 25.5 Å². The molecular weight excluding hydrogens is 403 g/mol. The average Bonchev–Trinajstić information content (AvgIpc) is 2.45. The summed E-state index contributed by atoms with van der Waals surface area (Å²) in [6.45, 7) is 15.1. The van der Waals surface area contributed by atoms with E-state index in [-0.39, 0.29) is 11.1 Å². The van der Waals surface area contributed by atoms with E-state index < -0.39 is 8.32 Å². The van der Waals surface area contributed by atoms with Crippen molar-refractivity contribution in [2.45, 2.75) is 58.5 Å². The Bertz CT molecular complexity index is 428. The summed E-state index contributed by atoms with van der Waals surface area (Å²) in [5, 5.41) is 0.232. The third kappa shape index (κ3) is 6.30. The van der Waals surface area contributed by atoms with Gasteiger partial charge in [0.05, 0.1) is 19.3 Å². The van der Waals surface area contributed by atoms with Crippen molar-refractivity contribution in [1.29, 1.82) is 0 Å². The zero-order chi connectivity index (χ0) is 16.8. The summed E-state index contributed by atoms with van der Waals surface area (Å²) >= 11 is 2.44. The number of rotatable bonds is 8. The molecule has 1 rings (SSSR count). The first-order chi connectivity index (χ1) is 10.2. The quantitative estimate of drug-likeness (QED) is 0.298. The molecule has 1 aromatic rings. The molecule has 1 aromatic carbocycles. The van der Waals surface area contributed by atoms with E-state index in [0.717, 1.165) is 4.43 Å². The Labute approximate surface area is 151 Å². The van der Waals surface area contributed by atoms with Crippen molar-refractivity contribution >= 4 is 30.9 Å². The first-order valence-electron chi connectivity index (χ1n) is 8.03. The van der Waals surface area contributed by atoms with Crippen LogP contribution in [0.5, 0.6) is 0 Å². The molecule has 0 unspecified atom stereocenters. The van der Waals surface area contributed by atoms with Gasteiger partial charge in [0, 0.05) is 4.43 Å². The fourth-order valence-corrected chi connectivity index (χ4v) is 3.81. The molecule has 4 heteroatoms. The van der Waals surface area contributed by atoms with Gasteiger partial charge in [-0.3, -0.25) is 0 Å². The van der Waals surface area contributed by atoms with Crippen LogP contribution in [0.2, 0.25) is 18.1 Å². The highest BCUT2D eigenvalue weighted by atomic mass is 127. The second kappa shape index (κ2) is 8.80. The first kappa shape index (κ1) is 20.1. The fourth-order valence-electron chi connectivity index (χ4n) is 1.84. The minimum absolute atomic E-state index is 0.182. The molecule has 0 radical (unpaired) electrons. The summed E-state index contributed by atoms with van der Waals surface area (Å²) in [5.41, 5.74) is 1.22. The lowest BCUT2D eigenvalue weighted by Crippen LogP contribution is -2.47. The van der Waals surface area contributed by atoms with Gasteiger partial charge in [0.1, 0.15) is 0 Å². The predicted octanol–water partition coefficient (Wildman–Crippen LogP) is 5.66. The molecule has 2 atom stereocenters. The van der Waals surface area contributed by atoms with Gasteiger partial charge in [0.25, 0.3) is 0 Å². The molecule has 0 fully saturated rings. The zero-order valence-electron chi connectivity index (χ0n) is 14.9. The van der Waals surface area contributed by atoms with Crippen LogP contribution >= 0.6 is 22.6 Å². The number of hydrogen-bond acceptors (Lipinski definition) is 2. The van der Waals surface area contributed by atoms with Crippen molar-refractivity contribution in [3.8, 4) is 0 Å². The van der Waals surface area contributed by atoms with Crippen LogP contribution in [0.25, 0.3) is 0 Å². The van der Waals surface area contributed by atoms with Crippen molar-refractivity contribution in [1.82, 2.24) is 0 Å². The van der Waals surface area contributed by atoms with E-state index in [9.17, 15) is 0 Å². The van der Waals surface area contributed by atoms with Crippen molar-refractivity contribution in [3.05, 3.63) is 35.9 Å². The summed E-state index contributed by atoms with van der Waals surface area (Å²) in [4.78, 5) is 0. The van der Waals surface area contributed by atoms with E-state index in [1.54, 1.807) is 0 Å². The molecule has 0 bridgehead atoms. The number of ether oxygens (including phenoxy) is 1. The maximum Gasteiger partial charge on any atom is 0.192 e. The molecule has 0 aliphatic heterocycles. The van der Waals surface area contributed by atoms with E-state index >= 15 is 0 Å². The zero-order valence-corrected chi connectivity index (χ0v) is 18.0. The number of alkyl halides is 1. The highest BCUT2D eigenvalue weighted by Crippen LogP contribution is 2.38. The smallest absolute Gasteiger partial charge is 0.192 e. The normalized spacial score (nSPS) is 15.6. The second-order valence-electron chi connectivity index (χ2n) is 7.55. The molecule has 0 N–H and O–H groups in total. The topological polar surface area (TPSA) is 18.5 Å². The molecule has 0 aromatic heterocycles. The second-order valence-corrected chi connectivity index (χ2v) is 13.2. The van der Waals surface area contributed by atoms with Crippen LogP contribution in [0.4, 0.5) is 0 Å². The molecule has 126 valence electrons. The van der Waals surface area contributed by atoms with Gasteiger partial charge in [0.2, 0.25) is 0 Å². The molecule has 0 amide bonds. The van der Waals surface area contributed by atoms with Gasteiger partial charge in [-0.2, -0.15) is 0 Å². The van der Waals surface area contributed by atoms with Crippen LogP contribution in [0.3, 0.4) is 0 Å². The average molecular weight is 434 g/mol. The highest BCUT2D eigenvalue weighted by molar-refractivity contribution is 14.1. The lowest BCUT2D eigenvalue weighted by Gasteiger charge is -2.40. The van der Waals surface area contributed by atoms with Gasteiger partial charge in [-0.15, -0.1) is 0 Å². The fraction of sp³-hybridized carbons (Fsp3) is 0.667. The van der Waals surface area contributed by atoms with Gasteiger partial charge in [-0.05, 0) is 29.6 Å². The van der Waals surface area contributed by atoms with Gasteiger partial charge in [0.15, 0.2) is 8.32 Å². The summed E-state index contributed by atoms with van der Waals surface area (Å²) in [6, 6.07) is 10.3. The van der Waals surface area contributed by atoms with Crippen molar-refractivity contribution in [2.75, 3.05) is 11.0 Å². The molecule has 0 heterocycles. The highest BCUT2D eigenvalue weighted by Gasteiger charge is 2.40. The molecule has 0 saturated carbocycles. The molecule has 22 heavy (non-hydrogen) atoms. The molecule has 0 aliphatic carbocycles. The van der Waals surface area contributed by atoms with E-state index in [2.05, 4.69) is 87.6 Å². The van der Waals surface area contributed by atoms with E-state index in [1.165, 1.54) is 5.56 Å². The minimum atomic E-state index is -1.76. The SMILES string of the molecule is C[C@@H](CI)[C@H](COCc1ccccc1)O[Si](C)(C)C(C)(C)C. The van der Waals surface area contributed by atoms with Gasteiger partial charge < -0.3 is 9.16 Å². The Balaban J connectivity index is 2.62. The standard InChI is InChI=1S/C18H31IO2Si/c1-15(12-19)17(21-22(5,6)18(2,3)4)14-20-13-16-10-8-7-9-11-16/h7-11,15,17H,12-14H2,1-6H3/t15-,17-/m0/s1. The van der Waals surface area contributed by atoms with Crippen LogP contribution < -0.4 is 0 Å². The Kier molecular flexibility index (Phi) is 8.06. The van der Waals surface area contributed by atoms with Crippen molar-refractivity contribution in [3.63, 3.8) is 0 Å². The maximum absolute atomic E-state index is 6.60. The molecule has 0 aliphatic rings. The Morgan fingerprint density at radius 2 is 1.73 bits per heavy atom. The monoisotopic (exact) mass is 434 g/mol. The summed E-state index contributed by atoms with van der Waals surface area (Å²) in [7, 11) is -1.76. The van der Waals surface area contributed by atoms with E-state index in [0.29, 0.717) is 19.1 Å². The van der Waals surface area contributed by atoms with E-state index in [1.807, 2.05) is 6.07 Å². The van der Waals surface area contributed by atoms with Gasteiger partial charge >= 0.3 is 0 Å². The predicted molar refractivity (Wildman–Crippen MR) is 106 cm³/mol. The molecule has 0 saturated heterocycles. The lowest BCUT2D eigenvalue weighted by atomic mass is 10.1. The Hall–Kier alpha value is 0.0869. The molecule has 2 nitrogen and oxygen atoms in total. The number of halogens is 1. The summed E-state index contributed by atoms with van der Waals surface area (Å²) in [5.74, 6) is 0.505. The van der Waals surface area contributed by atoms with Crippen LogP contribution in [-0.2, 0) is 15.8 Å². The van der Waals surface area contributed by atoms with Crippen molar-refractivity contribution < 1.29 is 9.16 Å².